The Kier molecular flexibility index (Phi) is 3.80. The lowest BCUT2D eigenvalue weighted by atomic mass is 10.1. The van der Waals surface area contributed by atoms with Crippen LogP contribution in [-0.4, -0.2) is 24.2 Å². The van der Waals surface area contributed by atoms with Gasteiger partial charge in [-0.15, -0.1) is 0 Å². The molecule has 112 valence electrons. The lowest BCUT2D eigenvalue weighted by Crippen LogP contribution is -2.24. The van der Waals surface area contributed by atoms with Crippen molar-refractivity contribution >= 4 is 11.8 Å². The van der Waals surface area contributed by atoms with Gasteiger partial charge >= 0.3 is 0 Å². The van der Waals surface area contributed by atoms with Gasteiger partial charge in [0.2, 0.25) is 11.8 Å². The molecule has 1 amide bonds. The molecule has 0 saturated carbocycles. The largest absolute Gasteiger partial charge is 0.338 e. The fourth-order valence-corrected chi connectivity index (χ4v) is 2.52. The van der Waals surface area contributed by atoms with E-state index in [0.29, 0.717) is 31.1 Å². The van der Waals surface area contributed by atoms with Gasteiger partial charge in [-0.2, -0.15) is 0 Å². The molecular weight excluding hydrogens is 282 g/mol. The van der Waals surface area contributed by atoms with Crippen molar-refractivity contribution in [1.82, 2.24) is 5.16 Å². The summed E-state index contributed by atoms with van der Waals surface area (Å²) < 4.78 is 5.31. The summed E-state index contributed by atoms with van der Waals surface area (Å²) in [6, 6.07) is 9.69. The Hall–Kier alpha value is -2.79. The maximum Gasteiger partial charge on any atom is 0.234 e. The Morgan fingerprint density at radius 3 is 2.95 bits per heavy atom. The maximum atomic E-state index is 12.0. The molecule has 2 heterocycles. The van der Waals surface area contributed by atoms with Crippen LogP contribution < -0.4 is 4.90 Å². The molecule has 1 aliphatic rings. The Morgan fingerprint density at radius 1 is 1.45 bits per heavy atom. The smallest absolute Gasteiger partial charge is 0.234 e. The summed E-state index contributed by atoms with van der Waals surface area (Å²) in [5, 5.41) is 7.56. The number of benzene rings is 1. The Morgan fingerprint density at radius 2 is 2.23 bits per heavy atom. The SMILES string of the molecule is Cc1ccc(-c2cc(N3CC(CN=[N+]=[N-])CC3=O)on2)cc1. The molecule has 1 aliphatic heterocycles. The van der Waals surface area contributed by atoms with Crippen molar-refractivity contribution in [2.24, 2.45) is 11.0 Å². The molecule has 1 saturated heterocycles. The van der Waals surface area contributed by atoms with Gasteiger partial charge in [0, 0.05) is 36.1 Å². The number of carbonyl (C=O) groups excluding carboxylic acids is 1. The molecule has 0 N–H and O–H groups in total. The van der Waals surface area contributed by atoms with Gasteiger partial charge in [-0.25, -0.2) is 0 Å². The van der Waals surface area contributed by atoms with Crippen LogP contribution in [0.25, 0.3) is 21.7 Å². The number of hydrogen-bond donors (Lipinski definition) is 0. The first kappa shape index (κ1) is 14.2. The minimum atomic E-state index is -0.0373. The molecule has 3 rings (SSSR count). The second-order valence-corrected chi connectivity index (χ2v) is 5.40. The first-order valence-corrected chi connectivity index (χ1v) is 7.02. The monoisotopic (exact) mass is 297 g/mol. The lowest BCUT2D eigenvalue weighted by Gasteiger charge is -2.10. The van der Waals surface area contributed by atoms with Crippen molar-refractivity contribution in [1.29, 1.82) is 0 Å². The third-order valence-electron chi connectivity index (χ3n) is 3.72. The van der Waals surface area contributed by atoms with E-state index in [4.69, 9.17) is 10.1 Å². The summed E-state index contributed by atoms with van der Waals surface area (Å²) in [7, 11) is 0. The first-order chi connectivity index (χ1) is 10.7. The highest BCUT2D eigenvalue weighted by molar-refractivity contribution is 5.94. The van der Waals surface area contributed by atoms with Crippen LogP contribution in [0.1, 0.15) is 12.0 Å². The number of carbonyl (C=O) groups is 1. The molecule has 0 spiro atoms. The topological polar surface area (TPSA) is 95.1 Å². The molecule has 7 heteroatoms. The van der Waals surface area contributed by atoms with Crippen molar-refractivity contribution in [2.45, 2.75) is 13.3 Å². The van der Waals surface area contributed by atoms with Gasteiger partial charge in [-0.05, 0) is 18.4 Å². The van der Waals surface area contributed by atoms with E-state index >= 15 is 0 Å². The van der Waals surface area contributed by atoms with E-state index in [1.54, 1.807) is 11.0 Å². The summed E-state index contributed by atoms with van der Waals surface area (Å²) in [5.41, 5.74) is 11.2. The first-order valence-electron chi connectivity index (χ1n) is 7.02. The van der Waals surface area contributed by atoms with Crippen molar-refractivity contribution in [3.8, 4) is 11.3 Å². The maximum absolute atomic E-state index is 12.0. The number of nitrogens with zero attached hydrogens (tertiary/aromatic N) is 5. The summed E-state index contributed by atoms with van der Waals surface area (Å²) in [5.74, 6) is 0.421. The van der Waals surface area contributed by atoms with E-state index in [-0.39, 0.29) is 11.8 Å². The minimum absolute atomic E-state index is 0.0244. The molecule has 22 heavy (non-hydrogen) atoms. The van der Waals surface area contributed by atoms with Crippen molar-refractivity contribution in [3.05, 3.63) is 46.3 Å². The second-order valence-electron chi connectivity index (χ2n) is 5.40. The molecule has 0 aliphatic carbocycles. The van der Waals surface area contributed by atoms with Crippen LogP contribution in [0.4, 0.5) is 5.88 Å². The standard InChI is InChI=1S/C15H15N5O2/c1-10-2-4-12(5-3-10)13-7-15(22-18-13)20-9-11(6-14(20)21)8-17-19-16/h2-5,7,11H,6,8-9H2,1H3. The summed E-state index contributed by atoms with van der Waals surface area (Å²) in [6.07, 6.45) is 0.361. The third kappa shape index (κ3) is 2.80. The van der Waals surface area contributed by atoms with Crippen molar-refractivity contribution in [3.63, 3.8) is 0 Å². The zero-order valence-electron chi connectivity index (χ0n) is 12.1. The number of azide groups is 1. The van der Waals surface area contributed by atoms with Crippen LogP contribution in [0.2, 0.25) is 0 Å². The zero-order chi connectivity index (χ0) is 15.5. The van der Waals surface area contributed by atoms with Crippen LogP contribution in [0.3, 0.4) is 0 Å². The van der Waals surface area contributed by atoms with Crippen molar-refractivity contribution < 1.29 is 9.32 Å². The van der Waals surface area contributed by atoms with Gasteiger partial charge in [0.05, 0.1) is 0 Å². The average molecular weight is 297 g/mol. The van der Waals surface area contributed by atoms with Gasteiger partial charge in [-0.1, -0.05) is 40.1 Å². The molecule has 1 aromatic heterocycles. The van der Waals surface area contributed by atoms with E-state index in [1.807, 2.05) is 31.2 Å². The molecule has 1 fully saturated rings. The Balaban J connectivity index is 1.77. The van der Waals surface area contributed by atoms with Gasteiger partial charge in [-0.3, -0.25) is 9.69 Å². The molecule has 0 bridgehead atoms. The quantitative estimate of drug-likeness (QED) is 0.492. The van der Waals surface area contributed by atoms with Gasteiger partial charge < -0.3 is 4.52 Å². The molecule has 1 atom stereocenters. The highest BCUT2D eigenvalue weighted by atomic mass is 16.5. The highest BCUT2D eigenvalue weighted by Crippen LogP contribution is 2.29. The van der Waals surface area contributed by atoms with E-state index in [9.17, 15) is 4.79 Å². The molecule has 1 unspecified atom stereocenters. The number of rotatable bonds is 4. The third-order valence-corrected chi connectivity index (χ3v) is 3.72. The number of aromatic nitrogens is 1. The molecule has 7 nitrogen and oxygen atoms in total. The average Bonchev–Trinajstić information content (AvgIpc) is 3.12. The fraction of sp³-hybridized carbons (Fsp3) is 0.333. The fourth-order valence-electron chi connectivity index (χ4n) is 2.52. The van der Waals surface area contributed by atoms with Crippen LogP contribution in [-0.2, 0) is 4.79 Å². The molecule has 1 aromatic carbocycles. The summed E-state index contributed by atoms with van der Waals surface area (Å²) in [6.45, 7) is 2.82. The highest BCUT2D eigenvalue weighted by Gasteiger charge is 2.32. The molecule has 0 radical (unpaired) electrons. The van der Waals surface area contributed by atoms with Gasteiger partial charge in [0.1, 0.15) is 5.69 Å². The Labute approximate surface area is 127 Å². The summed E-state index contributed by atoms with van der Waals surface area (Å²) >= 11 is 0. The van der Waals surface area contributed by atoms with Crippen LogP contribution in [0, 0.1) is 12.8 Å². The van der Waals surface area contributed by atoms with Crippen LogP contribution >= 0.6 is 0 Å². The molecular formula is C15H15N5O2. The second kappa shape index (κ2) is 5.91. The number of aryl methyl sites for hydroxylation is 1. The van der Waals surface area contributed by atoms with E-state index in [1.165, 1.54) is 5.56 Å². The normalized spacial score (nSPS) is 17.6. The van der Waals surface area contributed by atoms with Crippen LogP contribution in [0.15, 0.2) is 40.0 Å². The van der Waals surface area contributed by atoms with E-state index in [0.717, 1.165) is 5.56 Å². The van der Waals surface area contributed by atoms with Crippen molar-refractivity contribution in [2.75, 3.05) is 18.0 Å². The van der Waals surface area contributed by atoms with E-state index in [2.05, 4.69) is 15.2 Å². The summed E-state index contributed by atoms with van der Waals surface area (Å²) in [4.78, 5) is 16.3. The number of anilines is 1. The number of hydrogen-bond acceptors (Lipinski definition) is 4. The van der Waals surface area contributed by atoms with Crippen LogP contribution in [0.5, 0.6) is 0 Å². The minimum Gasteiger partial charge on any atom is -0.338 e. The molecule has 2 aromatic rings. The predicted octanol–water partition coefficient (Wildman–Crippen LogP) is 3.31. The Bertz CT molecular complexity index is 731. The predicted molar refractivity (Wildman–Crippen MR) is 81.1 cm³/mol. The lowest BCUT2D eigenvalue weighted by molar-refractivity contribution is -0.117. The number of amides is 1. The zero-order valence-corrected chi connectivity index (χ0v) is 12.1. The van der Waals surface area contributed by atoms with Gasteiger partial charge in [0.15, 0.2) is 0 Å². The van der Waals surface area contributed by atoms with Gasteiger partial charge in [0.25, 0.3) is 0 Å². The van der Waals surface area contributed by atoms with E-state index < -0.39 is 0 Å².